The fraction of sp³-hybridized carbons (Fsp3) is 0.900. The number of aliphatic hydroxyl groups excluding tert-OH is 1. The van der Waals surface area contributed by atoms with Gasteiger partial charge in [-0.1, -0.05) is 10.8 Å². The quantitative estimate of drug-likeness (QED) is 0.444. The van der Waals surface area contributed by atoms with Crippen LogP contribution in [0.15, 0.2) is 0 Å². The molecule has 3 nitrogen and oxygen atoms in total. The van der Waals surface area contributed by atoms with E-state index in [9.17, 15) is 4.79 Å². The summed E-state index contributed by atoms with van der Waals surface area (Å²) >= 11 is 3.89. The van der Waals surface area contributed by atoms with Gasteiger partial charge in [0.2, 0.25) is 0 Å². The lowest BCUT2D eigenvalue weighted by molar-refractivity contribution is -0.142. The number of rotatable bonds is 5. The molecule has 5 heteroatoms. The highest BCUT2D eigenvalue weighted by molar-refractivity contribution is 8.68. The highest BCUT2D eigenvalue weighted by Gasteiger charge is 2.21. The standard InChI is InChI=1S/C10H18O3S2/c11-5-8-1-3-9(4-2-8)6-13-10(12)7-15-14/h8-9,11,14H,1-7H2. The Hall–Kier alpha value is 0.130. The van der Waals surface area contributed by atoms with Crippen LogP contribution in [0.1, 0.15) is 25.7 Å². The highest BCUT2D eigenvalue weighted by Crippen LogP contribution is 2.28. The molecule has 0 aromatic heterocycles. The van der Waals surface area contributed by atoms with Gasteiger partial charge in [-0.3, -0.25) is 4.79 Å². The van der Waals surface area contributed by atoms with E-state index in [2.05, 4.69) is 11.7 Å². The number of thiol groups is 1. The number of hydrogen-bond donors (Lipinski definition) is 2. The molecule has 0 aliphatic heterocycles. The fourth-order valence-electron chi connectivity index (χ4n) is 1.89. The van der Waals surface area contributed by atoms with E-state index in [4.69, 9.17) is 9.84 Å². The van der Waals surface area contributed by atoms with Crippen LogP contribution in [0.25, 0.3) is 0 Å². The highest BCUT2D eigenvalue weighted by atomic mass is 33.1. The van der Waals surface area contributed by atoms with Crippen LogP contribution in [-0.4, -0.2) is 30.0 Å². The van der Waals surface area contributed by atoms with Crippen molar-refractivity contribution in [1.29, 1.82) is 0 Å². The van der Waals surface area contributed by atoms with Crippen LogP contribution >= 0.6 is 22.5 Å². The topological polar surface area (TPSA) is 46.5 Å². The third-order valence-electron chi connectivity index (χ3n) is 2.89. The number of carbonyl (C=O) groups excluding carboxylic acids is 1. The van der Waals surface area contributed by atoms with Gasteiger partial charge in [-0.25, -0.2) is 0 Å². The summed E-state index contributed by atoms with van der Waals surface area (Å²) in [5.41, 5.74) is 0. The van der Waals surface area contributed by atoms with Gasteiger partial charge in [0.15, 0.2) is 0 Å². The average Bonchev–Trinajstić information content (AvgIpc) is 2.27. The monoisotopic (exact) mass is 250 g/mol. The van der Waals surface area contributed by atoms with Gasteiger partial charge in [0.05, 0.1) is 6.61 Å². The normalized spacial score (nSPS) is 26.3. The average molecular weight is 250 g/mol. The largest absolute Gasteiger partial charge is 0.465 e. The summed E-state index contributed by atoms with van der Waals surface area (Å²) in [4.78, 5) is 11.1. The van der Waals surface area contributed by atoms with E-state index in [0.29, 0.717) is 30.8 Å². The van der Waals surface area contributed by atoms with Crippen molar-refractivity contribution in [2.45, 2.75) is 25.7 Å². The smallest absolute Gasteiger partial charge is 0.316 e. The molecule has 15 heavy (non-hydrogen) atoms. The van der Waals surface area contributed by atoms with Crippen molar-refractivity contribution >= 4 is 28.4 Å². The Bertz CT molecular complexity index is 191. The first-order valence-electron chi connectivity index (χ1n) is 5.29. The zero-order valence-corrected chi connectivity index (χ0v) is 10.4. The minimum absolute atomic E-state index is 0.181. The Balaban J connectivity index is 2.10. The number of aliphatic hydroxyl groups is 1. The Labute approximate surface area is 99.8 Å². The molecule has 0 saturated heterocycles. The lowest BCUT2D eigenvalue weighted by atomic mass is 9.83. The lowest BCUT2D eigenvalue weighted by Crippen LogP contribution is -2.22. The van der Waals surface area contributed by atoms with Crippen LogP contribution in [0, 0.1) is 11.8 Å². The summed E-state index contributed by atoms with van der Waals surface area (Å²) < 4.78 is 5.12. The molecule has 1 saturated carbocycles. The number of esters is 1. The maximum Gasteiger partial charge on any atom is 0.316 e. The van der Waals surface area contributed by atoms with E-state index in [1.54, 1.807) is 0 Å². The predicted octanol–water partition coefficient (Wildman–Crippen LogP) is 1.91. The van der Waals surface area contributed by atoms with Crippen LogP contribution in [0.4, 0.5) is 0 Å². The molecular weight excluding hydrogens is 232 g/mol. The molecule has 0 bridgehead atoms. The van der Waals surface area contributed by atoms with Gasteiger partial charge in [0.25, 0.3) is 0 Å². The maximum absolute atomic E-state index is 11.1. The summed E-state index contributed by atoms with van der Waals surface area (Å²) in [6, 6.07) is 0. The van der Waals surface area contributed by atoms with Gasteiger partial charge < -0.3 is 9.84 Å². The van der Waals surface area contributed by atoms with Crippen molar-refractivity contribution < 1.29 is 14.6 Å². The van der Waals surface area contributed by atoms with Crippen molar-refractivity contribution in [1.82, 2.24) is 0 Å². The van der Waals surface area contributed by atoms with Gasteiger partial charge >= 0.3 is 5.97 Å². The molecule has 0 atom stereocenters. The minimum Gasteiger partial charge on any atom is -0.465 e. The summed E-state index contributed by atoms with van der Waals surface area (Å²) in [6.45, 7) is 0.828. The SMILES string of the molecule is O=C(CSS)OCC1CCC(CO)CC1. The second-order valence-electron chi connectivity index (χ2n) is 4.03. The van der Waals surface area contributed by atoms with Crippen LogP contribution in [0.2, 0.25) is 0 Å². The molecule has 0 aromatic rings. The summed E-state index contributed by atoms with van der Waals surface area (Å²) in [7, 11) is 1.19. The Morgan fingerprint density at radius 2 is 1.93 bits per heavy atom. The molecule has 1 aliphatic rings. The molecule has 1 aliphatic carbocycles. The van der Waals surface area contributed by atoms with Crippen LogP contribution in [0.5, 0.6) is 0 Å². The zero-order valence-electron chi connectivity index (χ0n) is 8.72. The fourth-order valence-corrected chi connectivity index (χ4v) is 2.39. The van der Waals surface area contributed by atoms with E-state index in [1.165, 1.54) is 10.8 Å². The van der Waals surface area contributed by atoms with Crippen LogP contribution < -0.4 is 0 Å². The summed E-state index contributed by atoms with van der Waals surface area (Å²) in [5, 5.41) is 8.97. The molecule has 0 heterocycles. The maximum atomic E-state index is 11.1. The molecule has 1 N–H and O–H groups in total. The second kappa shape index (κ2) is 7.41. The number of ether oxygens (including phenoxy) is 1. The Kier molecular flexibility index (Phi) is 6.52. The van der Waals surface area contributed by atoms with E-state index in [1.807, 2.05) is 0 Å². The van der Waals surface area contributed by atoms with Gasteiger partial charge in [0.1, 0.15) is 5.75 Å². The third-order valence-corrected chi connectivity index (χ3v) is 3.64. The van der Waals surface area contributed by atoms with Crippen LogP contribution in [0.3, 0.4) is 0 Å². The number of carbonyl (C=O) groups is 1. The van der Waals surface area contributed by atoms with Gasteiger partial charge in [-0.15, -0.1) is 11.7 Å². The number of hydrogen-bond acceptors (Lipinski definition) is 5. The van der Waals surface area contributed by atoms with Crippen molar-refractivity contribution in [2.75, 3.05) is 19.0 Å². The van der Waals surface area contributed by atoms with Gasteiger partial charge in [-0.2, -0.15) is 0 Å². The Morgan fingerprint density at radius 3 is 2.47 bits per heavy atom. The molecular formula is C10H18O3S2. The molecule has 0 spiro atoms. The van der Waals surface area contributed by atoms with E-state index in [-0.39, 0.29) is 5.97 Å². The molecule has 0 aromatic carbocycles. The van der Waals surface area contributed by atoms with Crippen molar-refractivity contribution in [3.8, 4) is 0 Å². The third kappa shape index (κ3) is 5.13. The first kappa shape index (κ1) is 13.2. The summed E-state index contributed by atoms with van der Waals surface area (Å²) in [5.74, 6) is 1.08. The molecule has 0 amide bonds. The van der Waals surface area contributed by atoms with Gasteiger partial charge in [-0.05, 0) is 37.5 Å². The zero-order chi connectivity index (χ0) is 11.1. The van der Waals surface area contributed by atoms with E-state index < -0.39 is 0 Å². The van der Waals surface area contributed by atoms with Crippen LogP contribution in [-0.2, 0) is 9.53 Å². The Morgan fingerprint density at radius 1 is 1.33 bits per heavy atom. The van der Waals surface area contributed by atoms with Crippen molar-refractivity contribution in [2.24, 2.45) is 11.8 Å². The van der Waals surface area contributed by atoms with E-state index in [0.717, 1.165) is 25.7 Å². The second-order valence-corrected chi connectivity index (χ2v) is 5.35. The minimum atomic E-state index is -0.181. The van der Waals surface area contributed by atoms with Crippen molar-refractivity contribution in [3.05, 3.63) is 0 Å². The predicted molar refractivity (Wildman–Crippen MR) is 64.9 cm³/mol. The molecule has 0 radical (unpaired) electrons. The van der Waals surface area contributed by atoms with Gasteiger partial charge in [0, 0.05) is 6.61 Å². The molecule has 1 rings (SSSR count). The molecule has 1 fully saturated rings. The van der Waals surface area contributed by atoms with Crippen molar-refractivity contribution in [3.63, 3.8) is 0 Å². The first-order valence-corrected chi connectivity index (χ1v) is 7.33. The molecule has 88 valence electrons. The van der Waals surface area contributed by atoms with E-state index >= 15 is 0 Å². The molecule has 0 unspecified atom stereocenters. The first-order chi connectivity index (χ1) is 7.26. The summed E-state index contributed by atoms with van der Waals surface area (Å²) in [6.07, 6.45) is 4.24. The lowest BCUT2D eigenvalue weighted by Gasteiger charge is -2.26.